The van der Waals surface area contributed by atoms with Crippen molar-refractivity contribution in [2.45, 2.75) is 39.5 Å². The molecule has 0 N–H and O–H groups in total. The van der Waals surface area contributed by atoms with Gasteiger partial charge in [0.25, 0.3) is 0 Å². The Labute approximate surface area is 87.6 Å². The van der Waals surface area contributed by atoms with Gasteiger partial charge in [-0.05, 0) is 50.0 Å². The van der Waals surface area contributed by atoms with Crippen LogP contribution in [0.3, 0.4) is 0 Å². The Hall–Kier alpha value is -0.850. The van der Waals surface area contributed by atoms with E-state index in [0.29, 0.717) is 0 Å². The summed E-state index contributed by atoms with van der Waals surface area (Å²) in [5.41, 5.74) is 1.43. The van der Waals surface area contributed by atoms with E-state index in [2.05, 4.69) is 37.7 Å². The summed E-state index contributed by atoms with van der Waals surface area (Å²) in [4.78, 5) is 3.76. The van der Waals surface area contributed by atoms with Gasteiger partial charge in [-0.2, -0.15) is 0 Å². The number of aliphatic imine (C=N–C) groups is 1. The van der Waals surface area contributed by atoms with Crippen LogP contribution in [0.4, 0.5) is 0 Å². The predicted molar refractivity (Wildman–Crippen MR) is 63.6 cm³/mol. The molecule has 1 rings (SSSR count). The molecular formula is C13H21N. The molecule has 1 heteroatoms. The number of nitrogens with zero attached hydrogens (tertiary/aromatic N) is 1. The number of hydrogen-bond donors (Lipinski definition) is 0. The van der Waals surface area contributed by atoms with Crippen LogP contribution < -0.4 is 0 Å². The van der Waals surface area contributed by atoms with Crippen LogP contribution in [0.5, 0.6) is 0 Å². The average Bonchev–Trinajstić information content (AvgIpc) is 2.21. The molecule has 0 heterocycles. The van der Waals surface area contributed by atoms with E-state index >= 15 is 0 Å². The van der Waals surface area contributed by atoms with Gasteiger partial charge in [-0.25, -0.2) is 0 Å². The lowest BCUT2D eigenvalue weighted by Crippen LogP contribution is -2.13. The highest BCUT2D eigenvalue weighted by atomic mass is 14.6. The maximum Gasteiger partial charge on any atom is 0.0263 e. The van der Waals surface area contributed by atoms with E-state index < -0.39 is 0 Å². The van der Waals surface area contributed by atoms with Crippen molar-refractivity contribution >= 4 is 6.72 Å². The van der Waals surface area contributed by atoms with Gasteiger partial charge < -0.3 is 0 Å². The molecule has 0 saturated heterocycles. The van der Waals surface area contributed by atoms with Gasteiger partial charge >= 0.3 is 0 Å². The van der Waals surface area contributed by atoms with Crippen LogP contribution in [0.1, 0.15) is 39.5 Å². The first-order chi connectivity index (χ1) is 6.77. The van der Waals surface area contributed by atoms with Crippen molar-refractivity contribution in [3.63, 3.8) is 0 Å². The van der Waals surface area contributed by atoms with Gasteiger partial charge in [0.2, 0.25) is 0 Å². The normalized spacial score (nSPS) is 29.4. The molecule has 1 aliphatic carbocycles. The third-order valence-corrected chi connectivity index (χ3v) is 3.19. The van der Waals surface area contributed by atoms with Crippen molar-refractivity contribution in [3.05, 3.63) is 23.9 Å². The lowest BCUT2D eigenvalue weighted by atomic mass is 9.79. The molecule has 0 bridgehead atoms. The molecule has 0 aromatic carbocycles. The largest absolute Gasteiger partial charge is 0.273 e. The minimum Gasteiger partial charge on any atom is -0.273 e. The van der Waals surface area contributed by atoms with E-state index in [-0.39, 0.29) is 0 Å². The van der Waals surface area contributed by atoms with Crippen LogP contribution in [-0.2, 0) is 0 Å². The fraction of sp³-hybridized carbons (Fsp3) is 0.615. The molecule has 1 aliphatic rings. The Morgan fingerprint density at radius 2 is 1.93 bits per heavy atom. The number of hydrogen-bond acceptors (Lipinski definition) is 1. The summed E-state index contributed by atoms with van der Waals surface area (Å²) in [7, 11) is 0. The molecule has 0 aromatic heterocycles. The van der Waals surface area contributed by atoms with Crippen molar-refractivity contribution in [1.82, 2.24) is 0 Å². The van der Waals surface area contributed by atoms with Gasteiger partial charge in [0.15, 0.2) is 0 Å². The Morgan fingerprint density at radius 1 is 1.29 bits per heavy atom. The summed E-state index contributed by atoms with van der Waals surface area (Å²) < 4.78 is 0. The molecule has 0 aliphatic heterocycles. The van der Waals surface area contributed by atoms with Crippen molar-refractivity contribution in [3.8, 4) is 0 Å². The topological polar surface area (TPSA) is 12.4 Å². The zero-order chi connectivity index (χ0) is 10.4. The van der Waals surface area contributed by atoms with Crippen LogP contribution >= 0.6 is 0 Å². The Morgan fingerprint density at radius 3 is 2.43 bits per heavy atom. The first kappa shape index (κ1) is 11.2. The molecule has 1 fully saturated rings. The van der Waals surface area contributed by atoms with E-state index in [1.165, 1.54) is 31.3 Å². The van der Waals surface area contributed by atoms with Crippen molar-refractivity contribution < 1.29 is 0 Å². The highest BCUT2D eigenvalue weighted by Crippen LogP contribution is 2.33. The second-order valence-corrected chi connectivity index (χ2v) is 4.24. The standard InChI is InChI=1S/C13H21N/c1-4-12(9-10-14-3)13-7-5-11(2)6-8-13/h4,9-11,13H,3,5-8H2,1-2H3/b10-9-,12-4+. The second-order valence-electron chi connectivity index (χ2n) is 4.24. The summed E-state index contributed by atoms with van der Waals surface area (Å²) >= 11 is 0. The summed E-state index contributed by atoms with van der Waals surface area (Å²) in [6.45, 7) is 7.93. The summed E-state index contributed by atoms with van der Waals surface area (Å²) in [6, 6.07) is 0. The highest BCUT2D eigenvalue weighted by molar-refractivity contribution is 5.28. The lowest BCUT2D eigenvalue weighted by molar-refractivity contribution is 0.323. The van der Waals surface area contributed by atoms with E-state index in [0.717, 1.165) is 11.8 Å². The monoisotopic (exact) mass is 191 g/mol. The van der Waals surface area contributed by atoms with Gasteiger partial charge in [0, 0.05) is 6.20 Å². The molecule has 78 valence electrons. The first-order valence-corrected chi connectivity index (χ1v) is 5.56. The molecular weight excluding hydrogens is 170 g/mol. The maximum atomic E-state index is 3.76. The molecule has 0 aromatic rings. The summed E-state index contributed by atoms with van der Waals surface area (Å²) in [6.07, 6.45) is 11.5. The molecule has 0 spiro atoms. The van der Waals surface area contributed by atoms with Gasteiger partial charge in [-0.3, -0.25) is 4.99 Å². The zero-order valence-corrected chi connectivity index (χ0v) is 9.37. The average molecular weight is 191 g/mol. The van der Waals surface area contributed by atoms with Crippen LogP contribution in [-0.4, -0.2) is 6.72 Å². The minimum absolute atomic E-state index is 0.759. The summed E-state index contributed by atoms with van der Waals surface area (Å²) in [5, 5.41) is 0. The van der Waals surface area contributed by atoms with Gasteiger partial charge in [-0.1, -0.05) is 25.8 Å². The van der Waals surface area contributed by atoms with Gasteiger partial charge in [0.05, 0.1) is 0 Å². The molecule has 1 nitrogen and oxygen atoms in total. The van der Waals surface area contributed by atoms with E-state index in [9.17, 15) is 0 Å². The summed E-state index contributed by atoms with van der Waals surface area (Å²) in [5.74, 6) is 1.68. The third-order valence-electron chi connectivity index (χ3n) is 3.19. The van der Waals surface area contributed by atoms with Crippen LogP contribution in [0.2, 0.25) is 0 Å². The molecule has 0 amide bonds. The van der Waals surface area contributed by atoms with Crippen molar-refractivity contribution in [2.75, 3.05) is 0 Å². The molecule has 14 heavy (non-hydrogen) atoms. The fourth-order valence-corrected chi connectivity index (χ4v) is 2.20. The Kier molecular flexibility index (Phi) is 4.64. The Bertz CT molecular complexity index is 230. The molecule has 1 saturated carbocycles. The smallest absolute Gasteiger partial charge is 0.0263 e. The van der Waals surface area contributed by atoms with E-state index in [4.69, 9.17) is 0 Å². The van der Waals surface area contributed by atoms with Crippen LogP contribution in [0.25, 0.3) is 0 Å². The SMILES string of the molecule is C=N/C=C\C(=C/C)C1CCC(C)CC1. The van der Waals surface area contributed by atoms with Crippen LogP contribution in [0.15, 0.2) is 28.9 Å². The van der Waals surface area contributed by atoms with E-state index in [1.807, 2.05) is 0 Å². The lowest BCUT2D eigenvalue weighted by Gasteiger charge is -2.26. The van der Waals surface area contributed by atoms with E-state index in [1.54, 1.807) is 6.20 Å². The second kappa shape index (κ2) is 5.79. The molecule has 0 atom stereocenters. The molecule has 0 radical (unpaired) electrons. The van der Waals surface area contributed by atoms with Crippen molar-refractivity contribution in [1.29, 1.82) is 0 Å². The zero-order valence-electron chi connectivity index (χ0n) is 9.37. The number of allylic oxidation sites excluding steroid dienone is 3. The first-order valence-electron chi connectivity index (χ1n) is 5.56. The quantitative estimate of drug-likeness (QED) is 0.473. The van der Waals surface area contributed by atoms with Gasteiger partial charge in [-0.15, -0.1) is 0 Å². The maximum absolute atomic E-state index is 3.76. The van der Waals surface area contributed by atoms with Gasteiger partial charge in [0.1, 0.15) is 0 Å². The molecule has 0 unspecified atom stereocenters. The predicted octanol–water partition coefficient (Wildman–Crippen LogP) is 3.97. The Balaban J connectivity index is 2.54. The number of rotatable bonds is 3. The highest BCUT2D eigenvalue weighted by Gasteiger charge is 2.19. The third kappa shape index (κ3) is 3.13. The fourth-order valence-electron chi connectivity index (χ4n) is 2.20. The van der Waals surface area contributed by atoms with Crippen LogP contribution in [0, 0.1) is 11.8 Å². The van der Waals surface area contributed by atoms with Crippen molar-refractivity contribution in [2.24, 2.45) is 16.8 Å². The minimum atomic E-state index is 0.759.